The van der Waals surface area contributed by atoms with E-state index in [1.54, 1.807) is 0 Å². The first-order chi connectivity index (χ1) is 9.28. The minimum Gasteiger partial charge on any atom is -0.310 e. The lowest BCUT2D eigenvalue weighted by molar-refractivity contribution is 0.176. The lowest BCUT2D eigenvalue weighted by Crippen LogP contribution is -2.48. The van der Waals surface area contributed by atoms with Crippen LogP contribution in [0.2, 0.25) is 0 Å². The third-order valence-corrected chi connectivity index (χ3v) is 4.00. The van der Waals surface area contributed by atoms with E-state index in [1.165, 1.54) is 44.3 Å². The van der Waals surface area contributed by atoms with Crippen LogP contribution < -0.4 is 5.32 Å². The maximum absolute atomic E-state index is 3.79. The average Bonchev–Trinajstić information content (AvgIpc) is 2.40. The highest BCUT2D eigenvalue weighted by Gasteiger charge is 2.20. The van der Waals surface area contributed by atoms with Crippen molar-refractivity contribution < 1.29 is 0 Å². The van der Waals surface area contributed by atoms with Crippen molar-refractivity contribution in [3.63, 3.8) is 0 Å². The van der Waals surface area contributed by atoms with Crippen molar-refractivity contribution in [3.8, 4) is 0 Å². The molecule has 1 heterocycles. The number of rotatable bonds is 6. The minimum absolute atomic E-state index is 0.659. The number of nitrogens with one attached hydrogen (secondary N) is 1. The van der Waals surface area contributed by atoms with Crippen molar-refractivity contribution in [1.82, 2.24) is 10.2 Å². The molecule has 2 heteroatoms. The first-order valence-corrected chi connectivity index (χ1v) is 7.80. The van der Waals surface area contributed by atoms with Gasteiger partial charge in [-0.1, -0.05) is 43.7 Å². The van der Waals surface area contributed by atoms with Crippen molar-refractivity contribution in [3.05, 3.63) is 35.9 Å². The fourth-order valence-electron chi connectivity index (χ4n) is 3.10. The van der Waals surface area contributed by atoms with Gasteiger partial charge in [-0.2, -0.15) is 0 Å². The van der Waals surface area contributed by atoms with Gasteiger partial charge in [0.25, 0.3) is 0 Å². The summed E-state index contributed by atoms with van der Waals surface area (Å²) in [5.74, 6) is 0. The topological polar surface area (TPSA) is 15.3 Å². The molecule has 1 N–H and O–H groups in total. The summed E-state index contributed by atoms with van der Waals surface area (Å²) in [6, 6.07) is 12.2. The van der Waals surface area contributed by atoms with Crippen LogP contribution in [0.1, 0.15) is 45.1 Å². The normalized spacial score (nSPS) is 22.3. The van der Waals surface area contributed by atoms with Gasteiger partial charge in [-0.05, 0) is 38.3 Å². The summed E-state index contributed by atoms with van der Waals surface area (Å²) >= 11 is 0. The molecule has 1 aromatic rings. The van der Waals surface area contributed by atoms with Crippen molar-refractivity contribution in [2.75, 3.05) is 13.1 Å². The molecule has 1 fully saturated rings. The Morgan fingerprint density at radius 1 is 1.32 bits per heavy atom. The van der Waals surface area contributed by atoms with Gasteiger partial charge < -0.3 is 5.32 Å². The molecular formula is C17H28N2. The van der Waals surface area contributed by atoms with E-state index < -0.39 is 0 Å². The highest BCUT2D eigenvalue weighted by atomic mass is 15.2. The summed E-state index contributed by atoms with van der Waals surface area (Å²) in [5.41, 5.74) is 1.43. The Kier molecular flexibility index (Phi) is 5.87. The maximum atomic E-state index is 3.79. The highest BCUT2D eigenvalue weighted by molar-refractivity contribution is 5.14. The zero-order chi connectivity index (χ0) is 13.5. The molecule has 0 aromatic heterocycles. The highest BCUT2D eigenvalue weighted by Crippen LogP contribution is 2.14. The molecule has 0 bridgehead atoms. The molecule has 0 spiro atoms. The van der Waals surface area contributed by atoms with Gasteiger partial charge in [0, 0.05) is 25.2 Å². The van der Waals surface area contributed by atoms with E-state index >= 15 is 0 Å². The van der Waals surface area contributed by atoms with E-state index in [-0.39, 0.29) is 0 Å². The standard InChI is InChI=1S/C17H28N2/c1-3-8-15(2)18-17-11-7-12-19(14-17)13-16-9-5-4-6-10-16/h4-6,9-10,15,17-18H,3,7-8,11-14H2,1-2H3. The van der Waals surface area contributed by atoms with Gasteiger partial charge >= 0.3 is 0 Å². The Morgan fingerprint density at radius 3 is 2.84 bits per heavy atom. The number of hydrogen-bond acceptors (Lipinski definition) is 2. The SMILES string of the molecule is CCCC(C)NC1CCCN(Cc2ccccc2)C1. The molecule has 0 amide bonds. The van der Waals surface area contributed by atoms with Crippen LogP contribution in [-0.2, 0) is 6.54 Å². The number of piperidine rings is 1. The fourth-order valence-corrected chi connectivity index (χ4v) is 3.10. The molecule has 1 aliphatic heterocycles. The first-order valence-electron chi connectivity index (χ1n) is 7.80. The summed E-state index contributed by atoms with van der Waals surface area (Å²) in [6.45, 7) is 8.12. The zero-order valence-corrected chi connectivity index (χ0v) is 12.4. The van der Waals surface area contributed by atoms with Crippen LogP contribution >= 0.6 is 0 Å². The predicted molar refractivity (Wildman–Crippen MR) is 82.2 cm³/mol. The molecule has 19 heavy (non-hydrogen) atoms. The Morgan fingerprint density at radius 2 is 2.11 bits per heavy atom. The summed E-state index contributed by atoms with van der Waals surface area (Å²) in [7, 11) is 0. The Hall–Kier alpha value is -0.860. The van der Waals surface area contributed by atoms with Gasteiger partial charge in [-0.25, -0.2) is 0 Å². The second-order valence-corrected chi connectivity index (χ2v) is 5.92. The van der Waals surface area contributed by atoms with Crippen LogP contribution in [0.5, 0.6) is 0 Å². The van der Waals surface area contributed by atoms with Gasteiger partial charge in [0.1, 0.15) is 0 Å². The van der Waals surface area contributed by atoms with Gasteiger partial charge in [0.2, 0.25) is 0 Å². The summed E-state index contributed by atoms with van der Waals surface area (Å²) in [6.07, 6.45) is 5.21. The van der Waals surface area contributed by atoms with Crippen molar-refractivity contribution in [2.24, 2.45) is 0 Å². The molecule has 2 nitrogen and oxygen atoms in total. The molecule has 2 unspecified atom stereocenters. The number of likely N-dealkylation sites (tertiary alicyclic amines) is 1. The van der Waals surface area contributed by atoms with Crippen molar-refractivity contribution >= 4 is 0 Å². The van der Waals surface area contributed by atoms with E-state index in [1.807, 2.05) is 0 Å². The molecule has 0 saturated carbocycles. The second kappa shape index (κ2) is 7.66. The van der Waals surface area contributed by atoms with E-state index in [9.17, 15) is 0 Å². The summed E-state index contributed by atoms with van der Waals surface area (Å²) in [5, 5.41) is 3.79. The number of hydrogen-bond donors (Lipinski definition) is 1. The van der Waals surface area contributed by atoms with Crippen LogP contribution in [0, 0.1) is 0 Å². The van der Waals surface area contributed by atoms with Crippen molar-refractivity contribution in [1.29, 1.82) is 0 Å². The quantitative estimate of drug-likeness (QED) is 0.843. The molecule has 0 radical (unpaired) electrons. The molecule has 2 atom stereocenters. The predicted octanol–water partition coefficient (Wildman–Crippen LogP) is 3.43. The lowest BCUT2D eigenvalue weighted by atomic mass is 10.0. The van der Waals surface area contributed by atoms with E-state index in [4.69, 9.17) is 0 Å². The van der Waals surface area contributed by atoms with Gasteiger partial charge in [0.05, 0.1) is 0 Å². The second-order valence-electron chi connectivity index (χ2n) is 5.92. The maximum Gasteiger partial charge on any atom is 0.0234 e. The van der Waals surface area contributed by atoms with E-state index in [0.717, 1.165) is 6.54 Å². The van der Waals surface area contributed by atoms with Crippen LogP contribution in [0.25, 0.3) is 0 Å². The molecule has 2 rings (SSSR count). The lowest BCUT2D eigenvalue weighted by Gasteiger charge is -2.34. The third-order valence-electron chi connectivity index (χ3n) is 4.00. The van der Waals surface area contributed by atoms with Crippen molar-refractivity contribution in [2.45, 2.75) is 58.2 Å². The van der Waals surface area contributed by atoms with Crippen LogP contribution in [0.15, 0.2) is 30.3 Å². The molecule has 106 valence electrons. The monoisotopic (exact) mass is 260 g/mol. The van der Waals surface area contributed by atoms with Gasteiger partial charge in [-0.15, -0.1) is 0 Å². The van der Waals surface area contributed by atoms with E-state index in [0.29, 0.717) is 12.1 Å². The average molecular weight is 260 g/mol. The Labute approximate surface area is 118 Å². The van der Waals surface area contributed by atoms with Crippen LogP contribution in [0.4, 0.5) is 0 Å². The van der Waals surface area contributed by atoms with Crippen LogP contribution in [-0.4, -0.2) is 30.1 Å². The van der Waals surface area contributed by atoms with E-state index in [2.05, 4.69) is 54.4 Å². The molecule has 0 aliphatic carbocycles. The first kappa shape index (κ1) is 14.5. The third kappa shape index (κ3) is 4.96. The largest absolute Gasteiger partial charge is 0.310 e. The summed E-state index contributed by atoms with van der Waals surface area (Å²) in [4.78, 5) is 2.59. The summed E-state index contributed by atoms with van der Waals surface area (Å²) < 4.78 is 0. The van der Waals surface area contributed by atoms with Gasteiger partial charge in [-0.3, -0.25) is 4.90 Å². The zero-order valence-electron chi connectivity index (χ0n) is 12.4. The molecule has 1 saturated heterocycles. The number of benzene rings is 1. The smallest absolute Gasteiger partial charge is 0.0234 e. The fraction of sp³-hybridized carbons (Fsp3) is 0.647. The Balaban J connectivity index is 1.80. The molecule has 1 aromatic carbocycles. The minimum atomic E-state index is 0.659. The van der Waals surface area contributed by atoms with Gasteiger partial charge in [0.15, 0.2) is 0 Å². The Bertz CT molecular complexity index is 350. The van der Waals surface area contributed by atoms with Crippen LogP contribution in [0.3, 0.4) is 0 Å². The molecule has 1 aliphatic rings. The number of nitrogens with zero attached hydrogens (tertiary/aromatic N) is 1. The molecular weight excluding hydrogens is 232 g/mol.